The number of nitrogens with one attached hydrogen (secondary N) is 2. The molecule has 0 fully saturated rings. The first-order valence-corrected chi connectivity index (χ1v) is 7.83. The second-order valence-corrected chi connectivity index (χ2v) is 5.20. The van der Waals surface area contributed by atoms with Crippen LogP contribution < -0.4 is 10.6 Å². The van der Waals surface area contributed by atoms with Gasteiger partial charge in [-0.2, -0.15) is 5.10 Å². The third kappa shape index (κ3) is 6.34. The molecule has 6 heteroatoms. The van der Waals surface area contributed by atoms with E-state index in [0.29, 0.717) is 31.5 Å². The Morgan fingerprint density at radius 1 is 1.00 bits per heavy atom. The quantitative estimate of drug-likeness (QED) is 0.690. The monoisotopic (exact) mass is 314 g/mol. The summed E-state index contributed by atoms with van der Waals surface area (Å²) < 4.78 is 1.84. The van der Waals surface area contributed by atoms with Crippen LogP contribution in [-0.4, -0.2) is 34.7 Å². The van der Waals surface area contributed by atoms with Crippen molar-refractivity contribution in [2.75, 3.05) is 13.1 Å². The van der Waals surface area contributed by atoms with E-state index in [-0.39, 0.29) is 11.8 Å². The lowest BCUT2D eigenvalue weighted by Crippen LogP contribution is -2.28. The summed E-state index contributed by atoms with van der Waals surface area (Å²) in [5.74, 6) is -0.0929. The molecule has 1 aromatic heterocycles. The average Bonchev–Trinajstić information content (AvgIpc) is 3.09. The standard InChI is InChI=1S/C17H22N4O2/c22-16(18-11-5-13-21-14-6-12-20-21)9-4-10-19-17(23)15-7-2-1-3-8-15/h1-3,6-8,12,14H,4-5,9-11,13H2,(H,18,22)(H,19,23). The highest BCUT2D eigenvalue weighted by molar-refractivity contribution is 5.94. The summed E-state index contributed by atoms with van der Waals surface area (Å²) in [6, 6.07) is 10.9. The molecule has 23 heavy (non-hydrogen) atoms. The maximum Gasteiger partial charge on any atom is 0.251 e. The summed E-state index contributed by atoms with van der Waals surface area (Å²) >= 11 is 0. The van der Waals surface area contributed by atoms with Crippen molar-refractivity contribution in [1.29, 1.82) is 0 Å². The highest BCUT2D eigenvalue weighted by atomic mass is 16.2. The summed E-state index contributed by atoms with van der Waals surface area (Å²) in [4.78, 5) is 23.5. The zero-order chi connectivity index (χ0) is 16.3. The molecule has 0 unspecified atom stereocenters. The number of nitrogens with zero attached hydrogens (tertiary/aromatic N) is 2. The van der Waals surface area contributed by atoms with Crippen molar-refractivity contribution in [2.45, 2.75) is 25.8 Å². The molecule has 0 spiro atoms. The van der Waals surface area contributed by atoms with E-state index < -0.39 is 0 Å². The van der Waals surface area contributed by atoms with Gasteiger partial charge in [0.25, 0.3) is 5.91 Å². The van der Waals surface area contributed by atoms with Crippen LogP contribution in [0.1, 0.15) is 29.6 Å². The molecule has 0 saturated carbocycles. The summed E-state index contributed by atoms with van der Waals surface area (Å²) in [6.07, 6.45) is 5.53. The fourth-order valence-corrected chi connectivity index (χ4v) is 2.13. The molecule has 122 valence electrons. The first-order chi connectivity index (χ1) is 11.3. The van der Waals surface area contributed by atoms with Crippen molar-refractivity contribution in [3.63, 3.8) is 0 Å². The molecular formula is C17H22N4O2. The molecule has 6 nitrogen and oxygen atoms in total. The van der Waals surface area contributed by atoms with E-state index >= 15 is 0 Å². The van der Waals surface area contributed by atoms with Crippen LogP contribution in [0, 0.1) is 0 Å². The predicted molar refractivity (Wildman–Crippen MR) is 87.9 cm³/mol. The summed E-state index contributed by atoms with van der Waals surface area (Å²) in [5.41, 5.74) is 0.635. The van der Waals surface area contributed by atoms with Gasteiger partial charge in [0.05, 0.1) is 0 Å². The van der Waals surface area contributed by atoms with Gasteiger partial charge in [-0.15, -0.1) is 0 Å². The van der Waals surface area contributed by atoms with E-state index in [0.717, 1.165) is 13.0 Å². The van der Waals surface area contributed by atoms with Gasteiger partial charge in [0.1, 0.15) is 0 Å². The molecule has 2 aromatic rings. The Morgan fingerprint density at radius 3 is 2.52 bits per heavy atom. The van der Waals surface area contributed by atoms with Crippen LogP contribution in [-0.2, 0) is 11.3 Å². The predicted octanol–water partition coefficient (Wildman–Crippen LogP) is 1.60. The van der Waals surface area contributed by atoms with Crippen LogP contribution in [0.25, 0.3) is 0 Å². The van der Waals surface area contributed by atoms with E-state index in [2.05, 4.69) is 15.7 Å². The SMILES string of the molecule is O=C(CCCNC(=O)c1ccccc1)NCCCn1cccn1. The average molecular weight is 314 g/mol. The number of aryl methyl sites for hydroxylation is 1. The molecule has 1 heterocycles. The number of rotatable bonds is 9. The largest absolute Gasteiger partial charge is 0.356 e. The third-order valence-electron chi connectivity index (χ3n) is 3.35. The number of aromatic nitrogens is 2. The van der Waals surface area contributed by atoms with Crippen LogP contribution in [0.3, 0.4) is 0 Å². The molecule has 1 aromatic carbocycles. The number of hydrogen-bond donors (Lipinski definition) is 2. The van der Waals surface area contributed by atoms with Gasteiger partial charge in [-0.05, 0) is 31.0 Å². The maximum atomic E-state index is 11.8. The van der Waals surface area contributed by atoms with Crippen LogP contribution in [0.15, 0.2) is 48.8 Å². The van der Waals surface area contributed by atoms with Crippen molar-refractivity contribution >= 4 is 11.8 Å². The number of carbonyl (C=O) groups excluding carboxylic acids is 2. The molecule has 0 aliphatic rings. The smallest absolute Gasteiger partial charge is 0.251 e. The Kier molecular flexibility index (Phi) is 6.84. The van der Waals surface area contributed by atoms with Gasteiger partial charge in [0.2, 0.25) is 5.91 Å². The molecule has 0 atom stereocenters. The fraction of sp³-hybridized carbons (Fsp3) is 0.353. The molecule has 0 radical (unpaired) electrons. The molecule has 0 saturated heterocycles. The highest BCUT2D eigenvalue weighted by Gasteiger charge is 2.04. The van der Waals surface area contributed by atoms with E-state index in [1.807, 2.05) is 35.1 Å². The lowest BCUT2D eigenvalue weighted by molar-refractivity contribution is -0.121. The molecule has 2 amide bonds. The minimum absolute atomic E-state index is 0.0134. The summed E-state index contributed by atoms with van der Waals surface area (Å²) in [6.45, 7) is 1.92. The number of carbonyl (C=O) groups is 2. The molecule has 0 aliphatic heterocycles. The minimum Gasteiger partial charge on any atom is -0.356 e. The van der Waals surface area contributed by atoms with E-state index in [4.69, 9.17) is 0 Å². The normalized spacial score (nSPS) is 10.3. The third-order valence-corrected chi connectivity index (χ3v) is 3.35. The van der Waals surface area contributed by atoms with Gasteiger partial charge in [0, 0.05) is 44.0 Å². The lowest BCUT2D eigenvalue weighted by Gasteiger charge is -2.07. The zero-order valence-electron chi connectivity index (χ0n) is 13.1. The summed E-state index contributed by atoms with van der Waals surface area (Å²) in [7, 11) is 0. The maximum absolute atomic E-state index is 11.8. The second-order valence-electron chi connectivity index (χ2n) is 5.20. The molecule has 0 bridgehead atoms. The van der Waals surface area contributed by atoms with Gasteiger partial charge in [-0.1, -0.05) is 18.2 Å². The highest BCUT2D eigenvalue weighted by Crippen LogP contribution is 1.98. The topological polar surface area (TPSA) is 76.0 Å². The van der Waals surface area contributed by atoms with Gasteiger partial charge in [0.15, 0.2) is 0 Å². The van der Waals surface area contributed by atoms with Crippen LogP contribution in [0.5, 0.6) is 0 Å². The number of hydrogen-bond acceptors (Lipinski definition) is 3. The van der Waals surface area contributed by atoms with Crippen LogP contribution in [0.2, 0.25) is 0 Å². The summed E-state index contributed by atoms with van der Waals surface area (Å²) in [5, 5.41) is 9.78. The fourth-order valence-electron chi connectivity index (χ4n) is 2.13. The van der Waals surface area contributed by atoms with Gasteiger partial charge >= 0.3 is 0 Å². The van der Waals surface area contributed by atoms with Crippen molar-refractivity contribution in [2.24, 2.45) is 0 Å². The van der Waals surface area contributed by atoms with Crippen molar-refractivity contribution < 1.29 is 9.59 Å². The zero-order valence-corrected chi connectivity index (χ0v) is 13.1. The Labute approximate surface area is 135 Å². The number of benzene rings is 1. The van der Waals surface area contributed by atoms with E-state index in [1.54, 1.807) is 18.3 Å². The van der Waals surface area contributed by atoms with Gasteiger partial charge in [-0.25, -0.2) is 0 Å². The first-order valence-electron chi connectivity index (χ1n) is 7.83. The van der Waals surface area contributed by atoms with Crippen molar-refractivity contribution in [3.8, 4) is 0 Å². The van der Waals surface area contributed by atoms with Gasteiger partial charge in [-0.3, -0.25) is 14.3 Å². The van der Waals surface area contributed by atoms with Crippen molar-refractivity contribution in [1.82, 2.24) is 20.4 Å². The molecule has 0 aliphatic carbocycles. The minimum atomic E-state index is -0.106. The van der Waals surface area contributed by atoms with Crippen LogP contribution >= 0.6 is 0 Å². The first kappa shape index (κ1) is 16.7. The van der Waals surface area contributed by atoms with E-state index in [1.165, 1.54) is 0 Å². The molecular weight excluding hydrogens is 292 g/mol. The van der Waals surface area contributed by atoms with Gasteiger partial charge < -0.3 is 10.6 Å². The Hall–Kier alpha value is -2.63. The van der Waals surface area contributed by atoms with Crippen molar-refractivity contribution in [3.05, 3.63) is 54.4 Å². The lowest BCUT2D eigenvalue weighted by atomic mass is 10.2. The number of amides is 2. The Balaban J connectivity index is 1.50. The second kappa shape index (κ2) is 9.40. The molecule has 2 N–H and O–H groups in total. The van der Waals surface area contributed by atoms with E-state index in [9.17, 15) is 9.59 Å². The molecule has 2 rings (SSSR count). The Morgan fingerprint density at radius 2 is 1.78 bits per heavy atom. The van der Waals surface area contributed by atoms with Crippen LogP contribution in [0.4, 0.5) is 0 Å². The Bertz CT molecular complexity index is 596.